The Labute approximate surface area is 109 Å². The molecule has 0 spiro atoms. The van der Waals surface area contributed by atoms with Crippen LogP contribution in [0, 0.1) is 0 Å². The van der Waals surface area contributed by atoms with Crippen molar-refractivity contribution in [3.8, 4) is 0 Å². The van der Waals surface area contributed by atoms with Crippen LogP contribution in [-0.4, -0.2) is 34.3 Å². The first kappa shape index (κ1) is 14.7. The van der Waals surface area contributed by atoms with Crippen LogP contribution in [0.3, 0.4) is 0 Å². The van der Waals surface area contributed by atoms with Gasteiger partial charge in [-0.1, -0.05) is 6.58 Å². The number of rotatable bonds is 3. The zero-order chi connectivity index (χ0) is 14.1. The number of carbonyl (C=O) groups excluding carboxylic acids is 2. The van der Waals surface area contributed by atoms with Gasteiger partial charge in [-0.2, -0.15) is 0 Å². The molecule has 0 radical (unpaired) electrons. The van der Waals surface area contributed by atoms with Gasteiger partial charge in [0.25, 0.3) is 0 Å². The Balaban J connectivity index is 3.06. The summed E-state index contributed by atoms with van der Waals surface area (Å²) in [4.78, 5) is 25.6. The number of esters is 1. The topological polar surface area (TPSA) is 46.6 Å². The van der Waals surface area contributed by atoms with Crippen LogP contribution >= 0.6 is 0 Å². The molecule has 1 heterocycles. The van der Waals surface area contributed by atoms with Crippen LogP contribution < -0.4 is 0 Å². The van der Waals surface area contributed by atoms with Crippen LogP contribution in [0.15, 0.2) is 12.3 Å². The minimum Gasteiger partial charge on any atom is -0.461 e. The summed E-state index contributed by atoms with van der Waals surface area (Å²) in [5.74, 6) is -0.189. The molecule has 0 unspecified atom stereocenters. The van der Waals surface area contributed by atoms with E-state index < -0.39 is 17.0 Å². The van der Waals surface area contributed by atoms with Crippen LogP contribution in [0.5, 0.6) is 0 Å². The summed E-state index contributed by atoms with van der Waals surface area (Å²) in [6, 6.07) is 0. The molecule has 0 aromatic heterocycles. The summed E-state index contributed by atoms with van der Waals surface area (Å²) in [5, 5.41) is 0. The molecule has 0 aromatic rings. The van der Waals surface area contributed by atoms with Gasteiger partial charge in [0.2, 0.25) is 0 Å². The van der Waals surface area contributed by atoms with Crippen molar-refractivity contribution in [1.29, 1.82) is 0 Å². The summed E-state index contributed by atoms with van der Waals surface area (Å²) < 4.78 is 5.01. The smallest absolute Gasteiger partial charge is 0.353 e. The Morgan fingerprint density at radius 2 is 1.72 bits per heavy atom. The molecule has 18 heavy (non-hydrogen) atoms. The van der Waals surface area contributed by atoms with Crippen molar-refractivity contribution in [2.45, 2.75) is 58.5 Å². The summed E-state index contributed by atoms with van der Waals surface area (Å²) in [7, 11) is 0. The number of ether oxygens (including phenoxy) is 1. The Hall–Kier alpha value is -1.32. The zero-order valence-electron chi connectivity index (χ0n) is 12.0. The average Bonchev–Trinajstić information content (AvgIpc) is 2.12. The number of carbonyl (C=O) groups is 2. The van der Waals surface area contributed by atoms with E-state index >= 15 is 0 Å². The number of likely N-dealkylation sites (tertiary alicyclic amines) is 1. The largest absolute Gasteiger partial charge is 0.461 e. The van der Waals surface area contributed by atoms with E-state index in [-0.39, 0.29) is 5.78 Å². The number of piperidine rings is 1. The second-order valence-electron chi connectivity index (χ2n) is 6.02. The minimum absolute atomic E-state index is 0.220. The number of hydrogen-bond acceptors (Lipinski definition) is 4. The summed E-state index contributed by atoms with van der Waals surface area (Å²) in [6.07, 6.45) is 0.851. The maximum absolute atomic E-state index is 11.9. The van der Waals surface area contributed by atoms with Gasteiger partial charge in [-0.3, -0.25) is 4.79 Å². The fourth-order valence-electron chi connectivity index (χ4n) is 3.04. The molecule has 0 amide bonds. The lowest BCUT2D eigenvalue weighted by molar-refractivity contribution is -0.146. The molecular weight excluding hydrogens is 230 g/mol. The summed E-state index contributed by atoms with van der Waals surface area (Å²) in [6.45, 7) is 13.8. The summed E-state index contributed by atoms with van der Waals surface area (Å²) >= 11 is 0. The molecule has 1 aliphatic rings. The molecule has 1 saturated heterocycles. The fraction of sp³-hybridized carbons (Fsp3) is 0.714. The molecule has 0 aliphatic carbocycles. The van der Waals surface area contributed by atoms with Crippen LogP contribution in [0.4, 0.5) is 0 Å². The van der Waals surface area contributed by atoms with Gasteiger partial charge in [0, 0.05) is 23.9 Å². The number of nitrogens with zero attached hydrogens (tertiary/aromatic N) is 1. The number of ketones is 1. The SMILES string of the molecule is C=C(C(=O)OCC)N1C(C)(C)CC(=O)CC1(C)C. The van der Waals surface area contributed by atoms with E-state index in [9.17, 15) is 9.59 Å². The van der Waals surface area contributed by atoms with E-state index in [4.69, 9.17) is 4.74 Å². The van der Waals surface area contributed by atoms with Crippen molar-refractivity contribution < 1.29 is 14.3 Å². The maximum Gasteiger partial charge on any atom is 0.353 e. The van der Waals surface area contributed by atoms with E-state index in [1.807, 2.05) is 32.6 Å². The molecule has 0 aromatic carbocycles. The quantitative estimate of drug-likeness (QED) is 0.572. The van der Waals surface area contributed by atoms with Crippen molar-refractivity contribution >= 4 is 11.8 Å². The van der Waals surface area contributed by atoms with Crippen molar-refractivity contribution in [2.75, 3.05) is 6.61 Å². The molecule has 4 nitrogen and oxygen atoms in total. The van der Waals surface area contributed by atoms with E-state index in [0.717, 1.165) is 0 Å². The van der Waals surface area contributed by atoms with Gasteiger partial charge in [0.15, 0.2) is 0 Å². The molecule has 1 aliphatic heterocycles. The molecule has 0 atom stereocenters. The highest BCUT2D eigenvalue weighted by molar-refractivity contribution is 5.89. The van der Waals surface area contributed by atoms with Crippen LogP contribution in [0.2, 0.25) is 0 Å². The van der Waals surface area contributed by atoms with E-state index in [1.54, 1.807) is 6.92 Å². The van der Waals surface area contributed by atoms with Crippen molar-refractivity contribution in [3.05, 3.63) is 12.3 Å². The van der Waals surface area contributed by atoms with Gasteiger partial charge in [-0.15, -0.1) is 0 Å². The second kappa shape index (κ2) is 4.75. The van der Waals surface area contributed by atoms with E-state index in [1.165, 1.54) is 0 Å². The lowest BCUT2D eigenvalue weighted by Crippen LogP contribution is -2.61. The van der Waals surface area contributed by atoms with Gasteiger partial charge >= 0.3 is 5.97 Å². The van der Waals surface area contributed by atoms with Crippen LogP contribution in [0.25, 0.3) is 0 Å². The maximum atomic E-state index is 11.9. The first-order chi connectivity index (χ1) is 8.12. The highest BCUT2D eigenvalue weighted by Gasteiger charge is 2.46. The predicted molar refractivity (Wildman–Crippen MR) is 70.0 cm³/mol. The number of Topliss-reactive ketones (excluding diaryl/α,β-unsaturated/α-hetero) is 1. The van der Waals surface area contributed by atoms with Crippen molar-refractivity contribution in [2.24, 2.45) is 0 Å². The Morgan fingerprint density at radius 1 is 1.28 bits per heavy atom. The van der Waals surface area contributed by atoms with Crippen LogP contribution in [0.1, 0.15) is 47.5 Å². The molecule has 1 rings (SSSR count). The van der Waals surface area contributed by atoms with Crippen molar-refractivity contribution in [3.63, 3.8) is 0 Å². The fourth-order valence-corrected chi connectivity index (χ4v) is 3.04. The Morgan fingerprint density at radius 3 is 2.11 bits per heavy atom. The molecule has 0 N–H and O–H groups in total. The van der Waals surface area contributed by atoms with Gasteiger partial charge in [0.05, 0.1) is 6.61 Å². The molecule has 0 saturated carbocycles. The Bertz CT molecular complexity index is 363. The lowest BCUT2D eigenvalue weighted by Gasteiger charge is -2.53. The molecule has 0 bridgehead atoms. The zero-order valence-corrected chi connectivity index (χ0v) is 12.0. The monoisotopic (exact) mass is 253 g/mol. The molecular formula is C14H23NO3. The standard InChI is InChI=1S/C14H23NO3/c1-7-18-12(17)10(2)15-13(3,4)8-11(16)9-14(15,5)6/h2,7-9H2,1,3-6H3. The first-order valence-electron chi connectivity index (χ1n) is 6.30. The van der Waals surface area contributed by atoms with Gasteiger partial charge < -0.3 is 9.64 Å². The highest BCUT2D eigenvalue weighted by atomic mass is 16.5. The predicted octanol–water partition coefficient (Wildman–Crippen LogP) is 2.29. The number of hydrogen-bond donors (Lipinski definition) is 0. The van der Waals surface area contributed by atoms with E-state index in [0.29, 0.717) is 25.1 Å². The third-order valence-electron chi connectivity index (χ3n) is 3.25. The average molecular weight is 253 g/mol. The Kier molecular flexibility index (Phi) is 3.89. The second-order valence-corrected chi connectivity index (χ2v) is 6.02. The molecule has 102 valence electrons. The third-order valence-corrected chi connectivity index (χ3v) is 3.25. The first-order valence-corrected chi connectivity index (χ1v) is 6.30. The highest BCUT2D eigenvalue weighted by Crippen LogP contribution is 2.39. The normalized spacial score (nSPS) is 21.6. The third kappa shape index (κ3) is 2.74. The lowest BCUT2D eigenvalue weighted by atomic mass is 9.78. The van der Waals surface area contributed by atoms with E-state index in [2.05, 4.69) is 6.58 Å². The molecule has 1 fully saturated rings. The van der Waals surface area contributed by atoms with Crippen molar-refractivity contribution in [1.82, 2.24) is 4.90 Å². The van der Waals surface area contributed by atoms with Gasteiger partial charge in [-0.05, 0) is 34.6 Å². The van der Waals surface area contributed by atoms with Gasteiger partial charge in [0.1, 0.15) is 11.5 Å². The summed E-state index contributed by atoms with van der Waals surface area (Å²) in [5.41, 5.74) is -0.495. The van der Waals surface area contributed by atoms with Gasteiger partial charge in [-0.25, -0.2) is 4.79 Å². The van der Waals surface area contributed by atoms with Crippen LogP contribution in [-0.2, 0) is 14.3 Å². The molecule has 4 heteroatoms. The minimum atomic E-state index is -0.414.